The van der Waals surface area contributed by atoms with Crippen LogP contribution in [0.5, 0.6) is 0 Å². The number of hydrogen-bond acceptors (Lipinski definition) is 2. The minimum Gasteiger partial charge on any atom is -0.396 e. The highest BCUT2D eigenvalue weighted by molar-refractivity contribution is 5.10. The minimum absolute atomic E-state index is 0.326. The van der Waals surface area contributed by atoms with Gasteiger partial charge in [0.15, 0.2) is 0 Å². The van der Waals surface area contributed by atoms with E-state index in [1.165, 1.54) is 12.8 Å². The fraction of sp³-hybridized carbons (Fsp3) is 0.636. The Labute approximate surface area is 80.6 Å². The van der Waals surface area contributed by atoms with Gasteiger partial charge in [-0.2, -0.15) is 0 Å². The van der Waals surface area contributed by atoms with Crippen molar-refractivity contribution in [1.29, 1.82) is 0 Å². The first kappa shape index (κ1) is 10.3. The van der Waals surface area contributed by atoms with Gasteiger partial charge < -0.3 is 10.0 Å². The number of rotatable bonds is 4. The summed E-state index contributed by atoms with van der Waals surface area (Å²) in [6, 6.07) is 0. The fourth-order valence-corrected chi connectivity index (χ4v) is 1.82. The third-order valence-corrected chi connectivity index (χ3v) is 2.79. The van der Waals surface area contributed by atoms with Crippen molar-refractivity contribution in [1.82, 2.24) is 4.90 Å². The van der Waals surface area contributed by atoms with E-state index in [2.05, 4.69) is 18.1 Å². The lowest BCUT2D eigenvalue weighted by Crippen LogP contribution is -2.32. The van der Waals surface area contributed by atoms with Crippen molar-refractivity contribution in [3.63, 3.8) is 0 Å². The second kappa shape index (κ2) is 5.07. The standard InChI is InChI=1S/C11H19NO/c1-3-10(2)12-7-4-11(5-8-12)6-9-13/h3,11,13H,1-2,4-9H2. The van der Waals surface area contributed by atoms with E-state index in [0.29, 0.717) is 12.5 Å². The molecule has 1 aliphatic rings. The summed E-state index contributed by atoms with van der Waals surface area (Å²) in [6.45, 7) is 10.1. The Kier molecular flexibility index (Phi) is 4.03. The number of nitrogens with zero attached hydrogens (tertiary/aromatic N) is 1. The first-order chi connectivity index (χ1) is 6.27. The summed E-state index contributed by atoms with van der Waals surface area (Å²) in [5.41, 5.74) is 1.03. The van der Waals surface area contributed by atoms with Gasteiger partial charge >= 0.3 is 0 Å². The molecule has 0 aliphatic carbocycles. The van der Waals surface area contributed by atoms with Crippen LogP contribution in [0.4, 0.5) is 0 Å². The quantitative estimate of drug-likeness (QED) is 0.668. The molecular formula is C11H19NO. The normalized spacial score (nSPS) is 18.7. The zero-order valence-corrected chi connectivity index (χ0v) is 8.21. The Morgan fingerprint density at radius 2 is 2.08 bits per heavy atom. The predicted octanol–water partition coefficient (Wildman–Crippen LogP) is 1.78. The van der Waals surface area contributed by atoms with E-state index in [9.17, 15) is 0 Å². The van der Waals surface area contributed by atoms with Crippen molar-refractivity contribution in [3.05, 3.63) is 24.9 Å². The van der Waals surface area contributed by atoms with Crippen LogP contribution in [-0.2, 0) is 0 Å². The van der Waals surface area contributed by atoms with Gasteiger partial charge in [-0.05, 0) is 31.3 Å². The maximum Gasteiger partial charge on any atom is 0.0433 e. The Hall–Kier alpha value is -0.760. The predicted molar refractivity (Wildman–Crippen MR) is 55.3 cm³/mol. The lowest BCUT2D eigenvalue weighted by molar-refractivity contribution is 0.188. The molecule has 0 atom stereocenters. The van der Waals surface area contributed by atoms with Crippen LogP contribution in [0.3, 0.4) is 0 Å². The molecule has 2 nitrogen and oxygen atoms in total. The number of aliphatic hydroxyl groups is 1. The molecule has 74 valence electrons. The summed E-state index contributed by atoms with van der Waals surface area (Å²) in [5, 5.41) is 8.79. The topological polar surface area (TPSA) is 23.5 Å². The molecule has 0 spiro atoms. The number of allylic oxidation sites excluding steroid dienone is 1. The molecule has 0 unspecified atom stereocenters. The molecule has 0 radical (unpaired) electrons. The summed E-state index contributed by atoms with van der Waals surface area (Å²) < 4.78 is 0. The van der Waals surface area contributed by atoms with Gasteiger partial charge in [-0.25, -0.2) is 0 Å². The SMILES string of the molecule is C=CC(=C)N1CCC(CCO)CC1. The van der Waals surface area contributed by atoms with E-state index in [1.807, 2.05) is 6.08 Å². The van der Waals surface area contributed by atoms with Crippen LogP contribution in [0.1, 0.15) is 19.3 Å². The van der Waals surface area contributed by atoms with E-state index >= 15 is 0 Å². The van der Waals surface area contributed by atoms with Gasteiger partial charge in [0.25, 0.3) is 0 Å². The molecular weight excluding hydrogens is 162 g/mol. The second-order valence-corrected chi connectivity index (χ2v) is 3.64. The molecule has 0 aromatic carbocycles. The molecule has 1 aliphatic heterocycles. The maximum atomic E-state index is 8.79. The van der Waals surface area contributed by atoms with Gasteiger partial charge in [-0.3, -0.25) is 0 Å². The van der Waals surface area contributed by atoms with Gasteiger partial charge in [0.2, 0.25) is 0 Å². The third kappa shape index (κ3) is 2.88. The van der Waals surface area contributed by atoms with Crippen LogP contribution in [0.2, 0.25) is 0 Å². The van der Waals surface area contributed by atoms with Crippen molar-refractivity contribution in [2.75, 3.05) is 19.7 Å². The number of aliphatic hydroxyl groups excluding tert-OH is 1. The Morgan fingerprint density at radius 1 is 1.46 bits per heavy atom. The van der Waals surface area contributed by atoms with E-state index in [0.717, 1.165) is 25.2 Å². The van der Waals surface area contributed by atoms with Crippen molar-refractivity contribution >= 4 is 0 Å². The molecule has 1 heterocycles. The minimum atomic E-state index is 0.326. The summed E-state index contributed by atoms with van der Waals surface area (Å²) in [4.78, 5) is 2.26. The highest BCUT2D eigenvalue weighted by atomic mass is 16.3. The zero-order valence-electron chi connectivity index (χ0n) is 8.21. The molecule has 1 fully saturated rings. The van der Waals surface area contributed by atoms with Crippen molar-refractivity contribution in [2.45, 2.75) is 19.3 Å². The summed E-state index contributed by atoms with van der Waals surface area (Å²) in [5.74, 6) is 0.707. The van der Waals surface area contributed by atoms with Crippen LogP contribution in [0, 0.1) is 5.92 Å². The molecule has 0 saturated carbocycles. The van der Waals surface area contributed by atoms with Crippen molar-refractivity contribution in [3.8, 4) is 0 Å². The second-order valence-electron chi connectivity index (χ2n) is 3.64. The van der Waals surface area contributed by atoms with Crippen LogP contribution in [0.25, 0.3) is 0 Å². The summed E-state index contributed by atoms with van der Waals surface area (Å²) in [7, 11) is 0. The Balaban J connectivity index is 2.30. The first-order valence-corrected chi connectivity index (χ1v) is 4.95. The molecule has 0 amide bonds. The van der Waals surface area contributed by atoms with E-state index in [4.69, 9.17) is 5.11 Å². The first-order valence-electron chi connectivity index (χ1n) is 4.95. The molecule has 1 saturated heterocycles. The highest BCUT2D eigenvalue weighted by Gasteiger charge is 2.18. The van der Waals surface area contributed by atoms with Gasteiger partial charge in [0, 0.05) is 25.4 Å². The van der Waals surface area contributed by atoms with E-state index in [-0.39, 0.29) is 0 Å². The average Bonchev–Trinajstić information content (AvgIpc) is 2.18. The number of piperidine rings is 1. The van der Waals surface area contributed by atoms with Crippen LogP contribution in [-0.4, -0.2) is 29.7 Å². The highest BCUT2D eigenvalue weighted by Crippen LogP contribution is 2.22. The molecule has 2 heteroatoms. The number of hydrogen-bond donors (Lipinski definition) is 1. The maximum absolute atomic E-state index is 8.79. The molecule has 1 N–H and O–H groups in total. The van der Waals surface area contributed by atoms with Crippen LogP contribution in [0.15, 0.2) is 24.9 Å². The largest absolute Gasteiger partial charge is 0.396 e. The molecule has 0 aromatic heterocycles. The van der Waals surface area contributed by atoms with Gasteiger partial charge in [0.05, 0.1) is 0 Å². The van der Waals surface area contributed by atoms with E-state index < -0.39 is 0 Å². The van der Waals surface area contributed by atoms with Crippen LogP contribution < -0.4 is 0 Å². The molecule has 1 rings (SSSR count). The van der Waals surface area contributed by atoms with Gasteiger partial charge in [-0.1, -0.05) is 13.2 Å². The summed E-state index contributed by atoms with van der Waals surface area (Å²) in [6.07, 6.45) is 5.11. The van der Waals surface area contributed by atoms with Gasteiger partial charge in [-0.15, -0.1) is 0 Å². The Morgan fingerprint density at radius 3 is 2.54 bits per heavy atom. The molecule has 13 heavy (non-hydrogen) atoms. The summed E-state index contributed by atoms with van der Waals surface area (Å²) >= 11 is 0. The van der Waals surface area contributed by atoms with E-state index in [1.54, 1.807) is 0 Å². The Bertz CT molecular complexity index is 181. The lowest BCUT2D eigenvalue weighted by Gasteiger charge is -2.33. The van der Waals surface area contributed by atoms with Crippen molar-refractivity contribution < 1.29 is 5.11 Å². The third-order valence-electron chi connectivity index (χ3n) is 2.79. The lowest BCUT2D eigenvalue weighted by atomic mass is 9.94. The number of likely N-dealkylation sites (tertiary alicyclic amines) is 1. The molecule has 0 bridgehead atoms. The monoisotopic (exact) mass is 181 g/mol. The fourth-order valence-electron chi connectivity index (χ4n) is 1.82. The zero-order chi connectivity index (χ0) is 9.68. The van der Waals surface area contributed by atoms with Crippen LogP contribution >= 0.6 is 0 Å². The average molecular weight is 181 g/mol. The smallest absolute Gasteiger partial charge is 0.0433 e. The van der Waals surface area contributed by atoms with Gasteiger partial charge in [0.1, 0.15) is 0 Å². The van der Waals surface area contributed by atoms with Crippen molar-refractivity contribution in [2.24, 2.45) is 5.92 Å². The molecule has 0 aromatic rings.